The Morgan fingerprint density at radius 1 is 0.720 bits per heavy atom. The molecule has 50 heavy (non-hydrogen) atoms. The third-order valence-electron chi connectivity index (χ3n) is 11.0. The summed E-state index contributed by atoms with van der Waals surface area (Å²) < 4.78 is 5.41. The molecule has 6 atom stereocenters. The third-order valence-corrected chi connectivity index (χ3v) is 11.0. The van der Waals surface area contributed by atoms with Crippen LogP contribution in [0.2, 0.25) is 0 Å². The van der Waals surface area contributed by atoms with Gasteiger partial charge < -0.3 is 10.1 Å². The van der Waals surface area contributed by atoms with E-state index in [1.54, 1.807) is 105 Å². The molecule has 0 spiro atoms. The molecule has 5 aliphatic rings. The number of nitrogens with one attached hydrogen (secondary N) is 1. The topological polar surface area (TPSA) is 139 Å². The first-order chi connectivity index (χ1) is 24.2. The number of methoxy groups -OCH3 is 1. The van der Waals surface area contributed by atoms with Gasteiger partial charge in [0.05, 0.1) is 49.4 Å². The van der Waals surface area contributed by atoms with Crippen molar-refractivity contribution in [2.24, 2.45) is 29.1 Å². The lowest BCUT2D eigenvalue weighted by molar-refractivity contribution is -0.148. The van der Waals surface area contributed by atoms with Gasteiger partial charge in [-0.25, -0.2) is 0 Å². The zero-order chi connectivity index (χ0) is 34.8. The summed E-state index contributed by atoms with van der Waals surface area (Å²) in [7, 11) is 1.56. The summed E-state index contributed by atoms with van der Waals surface area (Å²) >= 11 is 0. The number of amides is 5. The average Bonchev–Trinajstić information content (AvgIpc) is 3.56. The van der Waals surface area contributed by atoms with Crippen molar-refractivity contribution in [3.63, 3.8) is 0 Å². The number of aromatic nitrogens is 2. The molecule has 9 rings (SSSR count). The second-order valence-electron chi connectivity index (χ2n) is 13.5. The zero-order valence-corrected chi connectivity index (χ0v) is 27.4. The highest BCUT2D eigenvalue weighted by Gasteiger charge is 2.80. The maximum Gasteiger partial charge on any atom is 0.252 e. The van der Waals surface area contributed by atoms with Crippen LogP contribution in [0, 0.1) is 29.1 Å². The minimum Gasteiger partial charge on any atom is -0.497 e. The van der Waals surface area contributed by atoms with Gasteiger partial charge in [0.15, 0.2) is 0 Å². The largest absolute Gasteiger partial charge is 0.497 e. The molecular formula is C39H33N5O6. The van der Waals surface area contributed by atoms with Gasteiger partial charge >= 0.3 is 0 Å². The van der Waals surface area contributed by atoms with Crippen LogP contribution in [0.3, 0.4) is 0 Å². The van der Waals surface area contributed by atoms with E-state index in [-0.39, 0.29) is 13.1 Å². The molecule has 4 aromatic rings. The quantitative estimate of drug-likeness (QED) is 0.281. The van der Waals surface area contributed by atoms with Gasteiger partial charge in [-0.15, -0.1) is 0 Å². The molecule has 0 radical (unpaired) electrons. The molecular weight excluding hydrogens is 634 g/mol. The molecule has 2 saturated heterocycles. The lowest BCUT2D eigenvalue weighted by Gasteiger charge is -2.60. The van der Waals surface area contributed by atoms with Crippen LogP contribution in [0.15, 0.2) is 110 Å². The molecule has 250 valence electrons. The summed E-state index contributed by atoms with van der Waals surface area (Å²) in [5.74, 6) is -6.35. The molecule has 11 heteroatoms. The van der Waals surface area contributed by atoms with E-state index < -0.39 is 64.2 Å². The van der Waals surface area contributed by atoms with E-state index in [1.165, 1.54) is 9.80 Å². The standard InChI is InChI=1S/C39H33N5O6/c1-38-28(25-12-14-27(50-2)15-13-25)18-39(42-33(45)26-10-4-3-5-11-26,31-29(38)34(46)43(36(31)48)21-23-8-6-16-40-19-23)32-30(38)35(47)44(37(32)49)22-24-9-7-17-41-20-24/h3-20,29-32H,21-22H2,1-2H3,(H,42,45)/t29-,30+,31+,32-,38?,39?. The summed E-state index contributed by atoms with van der Waals surface area (Å²) in [4.78, 5) is 84.0. The van der Waals surface area contributed by atoms with Crippen molar-refractivity contribution in [1.29, 1.82) is 0 Å². The highest BCUT2D eigenvalue weighted by Crippen LogP contribution is 2.69. The van der Waals surface area contributed by atoms with Gasteiger partial charge in [0.2, 0.25) is 23.6 Å². The fourth-order valence-corrected chi connectivity index (χ4v) is 8.80. The first-order valence-corrected chi connectivity index (χ1v) is 16.4. The number of nitrogens with zero attached hydrogens (tertiary/aromatic N) is 4. The third kappa shape index (κ3) is 4.45. The summed E-state index contributed by atoms with van der Waals surface area (Å²) in [6, 6.07) is 22.7. The number of benzene rings is 2. The molecule has 11 nitrogen and oxygen atoms in total. The molecule has 1 N–H and O–H groups in total. The Balaban J connectivity index is 1.35. The summed E-state index contributed by atoms with van der Waals surface area (Å²) in [5.41, 5.74) is -0.165. The van der Waals surface area contributed by atoms with Crippen LogP contribution in [0.25, 0.3) is 5.57 Å². The molecule has 5 amide bonds. The average molecular weight is 668 g/mol. The van der Waals surface area contributed by atoms with Crippen LogP contribution in [-0.2, 0) is 32.3 Å². The van der Waals surface area contributed by atoms with Gasteiger partial charge in [-0.05, 0) is 58.7 Å². The molecule has 3 fully saturated rings. The first-order valence-electron chi connectivity index (χ1n) is 16.4. The second kappa shape index (κ2) is 11.6. The number of likely N-dealkylation sites (tertiary alicyclic amines) is 2. The van der Waals surface area contributed by atoms with E-state index in [0.717, 1.165) is 0 Å². The maximum absolute atomic E-state index is 14.8. The van der Waals surface area contributed by atoms with E-state index in [2.05, 4.69) is 15.3 Å². The Morgan fingerprint density at radius 3 is 1.72 bits per heavy atom. The maximum atomic E-state index is 14.8. The van der Waals surface area contributed by atoms with Crippen LogP contribution >= 0.6 is 0 Å². The number of carbonyl (C=O) groups excluding carboxylic acids is 5. The Bertz CT molecular complexity index is 1980. The SMILES string of the molecule is COc1ccc(C2=CC3(NC(=O)c4ccccc4)[C@@H]4C(=O)N(Cc5cccnc5)C(=O)[C@@H]4C2(C)[C@@H]2C(=O)N(Cc4cccnc4)C(=O)[C@@H]23)cc1. The highest BCUT2D eigenvalue weighted by atomic mass is 16.5. The lowest BCUT2D eigenvalue weighted by Crippen LogP contribution is -2.72. The van der Waals surface area contributed by atoms with Crippen LogP contribution in [-0.4, -0.2) is 62.0 Å². The summed E-state index contributed by atoms with van der Waals surface area (Å²) in [6.45, 7) is 1.73. The van der Waals surface area contributed by atoms with E-state index in [9.17, 15) is 24.0 Å². The van der Waals surface area contributed by atoms with Crippen molar-refractivity contribution < 1.29 is 28.7 Å². The number of pyridine rings is 2. The number of hydrogen-bond acceptors (Lipinski definition) is 8. The number of carbonyl (C=O) groups is 5. The lowest BCUT2D eigenvalue weighted by atomic mass is 9.41. The van der Waals surface area contributed by atoms with Gasteiger partial charge in [0, 0.05) is 35.8 Å². The van der Waals surface area contributed by atoms with Crippen LogP contribution < -0.4 is 10.1 Å². The highest BCUT2D eigenvalue weighted by molar-refractivity contribution is 6.15. The van der Waals surface area contributed by atoms with Crippen LogP contribution in [0.4, 0.5) is 0 Å². The van der Waals surface area contributed by atoms with E-state index in [4.69, 9.17) is 4.74 Å². The molecule has 2 aromatic heterocycles. The number of hydrogen-bond donors (Lipinski definition) is 1. The predicted octanol–water partition coefficient (Wildman–Crippen LogP) is 3.67. The fourth-order valence-electron chi connectivity index (χ4n) is 8.80. The second-order valence-corrected chi connectivity index (χ2v) is 13.5. The monoisotopic (exact) mass is 667 g/mol. The molecule has 2 unspecified atom stereocenters. The van der Waals surface area contributed by atoms with Gasteiger partial charge in [0.1, 0.15) is 5.75 Å². The molecule has 1 saturated carbocycles. The fraction of sp³-hybridized carbons (Fsp3) is 0.256. The minimum atomic E-state index is -1.73. The van der Waals surface area contributed by atoms with Gasteiger partial charge in [-0.1, -0.05) is 55.5 Å². The number of allylic oxidation sites excluding steroid dienone is 1. The molecule has 2 bridgehead atoms. The number of ether oxygens (including phenoxy) is 1. The molecule has 2 aromatic carbocycles. The van der Waals surface area contributed by atoms with Crippen LogP contribution in [0.1, 0.15) is 34.0 Å². The van der Waals surface area contributed by atoms with Gasteiger partial charge in [0.25, 0.3) is 5.91 Å². The Kier molecular flexibility index (Phi) is 7.25. The van der Waals surface area contributed by atoms with Crippen molar-refractivity contribution in [3.05, 3.63) is 132 Å². The van der Waals surface area contributed by atoms with Crippen molar-refractivity contribution in [2.75, 3.05) is 7.11 Å². The molecule has 2 aliphatic heterocycles. The van der Waals surface area contributed by atoms with Crippen LogP contribution in [0.5, 0.6) is 5.75 Å². The first kappa shape index (κ1) is 31.3. The van der Waals surface area contributed by atoms with Crippen molar-refractivity contribution in [1.82, 2.24) is 25.1 Å². The molecule has 3 aliphatic carbocycles. The number of rotatable bonds is 8. The van der Waals surface area contributed by atoms with E-state index >= 15 is 0 Å². The predicted molar refractivity (Wildman–Crippen MR) is 179 cm³/mol. The Morgan fingerprint density at radius 2 is 1.24 bits per heavy atom. The normalized spacial score (nSPS) is 28.0. The van der Waals surface area contributed by atoms with E-state index in [0.29, 0.717) is 33.6 Å². The van der Waals surface area contributed by atoms with Gasteiger partial charge in [-0.3, -0.25) is 43.7 Å². The van der Waals surface area contributed by atoms with Crippen molar-refractivity contribution in [3.8, 4) is 5.75 Å². The molecule has 4 heterocycles. The van der Waals surface area contributed by atoms with Crippen molar-refractivity contribution >= 4 is 35.1 Å². The van der Waals surface area contributed by atoms with Gasteiger partial charge in [-0.2, -0.15) is 0 Å². The minimum absolute atomic E-state index is 0.0421. The van der Waals surface area contributed by atoms with E-state index in [1.807, 2.05) is 19.1 Å². The van der Waals surface area contributed by atoms with Crippen molar-refractivity contribution in [2.45, 2.75) is 25.6 Å². The summed E-state index contributed by atoms with van der Waals surface area (Å²) in [6.07, 6.45) is 8.17. The number of imide groups is 2. The smallest absolute Gasteiger partial charge is 0.252 e. The summed E-state index contributed by atoms with van der Waals surface area (Å²) in [5, 5.41) is 3.13. The Labute approximate surface area is 288 Å². The Hall–Kier alpha value is -5.97. The zero-order valence-electron chi connectivity index (χ0n) is 27.4.